The first-order valence-electron chi connectivity index (χ1n) is 44.3. The van der Waals surface area contributed by atoms with Crippen LogP contribution in [-0.2, 0) is 110 Å². The molecular formula is C97H125Cl4N15O29S. The molecule has 0 unspecified atom stereocenters. The van der Waals surface area contributed by atoms with Crippen LogP contribution in [0.25, 0.3) is 17.1 Å². The number of nitrogens with two attached hydrogens (primary N) is 1. The Labute approximate surface area is 867 Å². The number of carbonyl (C=O) groups excluding carboxylic acids is 8. The number of rotatable bonds is 19. The number of aryl methyl sites for hydroxylation is 3. The molecule has 44 nitrogen and oxygen atoms in total. The van der Waals surface area contributed by atoms with Crippen LogP contribution in [0.5, 0.6) is 0 Å². The van der Waals surface area contributed by atoms with Gasteiger partial charge in [-0.25, -0.2) is 47.4 Å². The molecule has 6 saturated heterocycles. The molecule has 7 aromatic carbocycles. The van der Waals surface area contributed by atoms with E-state index < -0.39 is 93.7 Å². The molecule has 0 saturated carbocycles. The van der Waals surface area contributed by atoms with Crippen LogP contribution in [0.15, 0.2) is 213 Å². The van der Waals surface area contributed by atoms with Crippen molar-refractivity contribution in [2.45, 2.75) is 138 Å². The van der Waals surface area contributed by atoms with Crippen molar-refractivity contribution in [1.82, 2.24) is 69.9 Å². The molecule has 6 aliphatic rings. The van der Waals surface area contributed by atoms with Gasteiger partial charge in [0.2, 0.25) is 40.4 Å². The number of carboxylic acids is 3. The average Bonchev–Trinajstić information content (AvgIpc) is 1.43. The number of amides is 4. The largest absolute Gasteiger partial charge is 0.478 e. The molecule has 6 fully saturated rings. The van der Waals surface area contributed by atoms with Gasteiger partial charge in [0, 0.05) is 74.4 Å². The number of esters is 3. The lowest BCUT2D eigenvalue weighted by atomic mass is 10.1. The van der Waals surface area contributed by atoms with Gasteiger partial charge < -0.3 is 93.0 Å². The second-order valence-electron chi connectivity index (χ2n) is 30.1. The summed E-state index contributed by atoms with van der Waals surface area (Å²) in [6.07, 6.45) is 8.18. The number of aromatic nitrogens is 9. The number of carbonyl (C=O) groups is 11. The normalized spacial score (nSPS) is 16.2. The lowest BCUT2D eigenvalue weighted by Crippen LogP contribution is -2.51. The Hall–Kier alpha value is -13.4. The van der Waals surface area contributed by atoms with E-state index in [1.165, 1.54) is 83.1 Å². The monoisotopic (exact) mass is 2140 g/mol. The van der Waals surface area contributed by atoms with E-state index in [0.717, 1.165) is 82.0 Å². The molecule has 0 bridgehead atoms. The lowest BCUT2D eigenvalue weighted by molar-refractivity contribution is -0.172. The van der Waals surface area contributed by atoms with Crippen molar-refractivity contribution in [2.75, 3.05) is 114 Å². The zero-order chi connectivity index (χ0) is 104. The van der Waals surface area contributed by atoms with Gasteiger partial charge in [-0.2, -0.15) is 45.0 Å². The fourth-order valence-electron chi connectivity index (χ4n) is 13.0. The number of aliphatic hydroxyl groups excluding tert-OH is 2. The van der Waals surface area contributed by atoms with E-state index in [0.29, 0.717) is 113 Å². The Bertz CT molecular complexity index is 5340. The van der Waals surface area contributed by atoms with Crippen LogP contribution < -0.4 is 11.1 Å². The molecule has 8 N–H and O–H groups in total. The van der Waals surface area contributed by atoms with Crippen molar-refractivity contribution in [2.24, 2.45) is 5.73 Å². The highest BCUT2D eigenvalue weighted by molar-refractivity contribution is 8.26. The molecule has 0 radical (unpaired) electrons. The van der Waals surface area contributed by atoms with Gasteiger partial charge in [-0.1, -0.05) is 171 Å². The maximum atomic E-state index is 13.1. The average molecular weight is 2140 g/mol. The molecule has 3 aromatic heterocycles. The Morgan fingerprint density at radius 2 is 0.740 bits per heavy atom. The molecule has 0 spiro atoms. The molecule has 6 aliphatic heterocycles. The summed E-state index contributed by atoms with van der Waals surface area (Å²) in [5, 5.41) is 68.9. The third-order valence-corrected chi connectivity index (χ3v) is 20.1. The van der Waals surface area contributed by atoms with E-state index in [-0.39, 0.29) is 77.2 Å². The number of ether oxygens (including phenoxy) is 12. The van der Waals surface area contributed by atoms with Crippen LogP contribution in [-0.4, -0.2) is 305 Å². The predicted molar refractivity (Wildman–Crippen MR) is 537 cm³/mol. The number of hydrogen-bond donors (Lipinski definition) is 7. The fourth-order valence-corrected chi connectivity index (χ4v) is 13.2. The number of aliphatic carboxylic acids is 2. The number of halogens is 4. The number of aromatic carboxylic acids is 1. The third-order valence-electron chi connectivity index (χ3n) is 19.9. The van der Waals surface area contributed by atoms with Gasteiger partial charge in [0.15, 0.2) is 0 Å². The van der Waals surface area contributed by atoms with Gasteiger partial charge in [-0.15, -0.1) is 12.4 Å². The third kappa shape index (κ3) is 44.3. The molecule has 4 amide bonds. The van der Waals surface area contributed by atoms with Gasteiger partial charge in [0.1, 0.15) is 25.5 Å². The van der Waals surface area contributed by atoms with Gasteiger partial charge in [-0.3, -0.25) is 29.6 Å². The number of methoxy groups -OCH3 is 3. The summed E-state index contributed by atoms with van der Waals surface area (Å²) in [6.45, 7) is 12.4. The SMILES string of the molecule is C.C.C1CCOC1.CO.COC(=O)[C@@H]1OCCCN1C(=O)OCc1ccccc1.COC(=O)[C@@H]1OCCCN1C(=O)c1cc(C)ccc1-n1nccn1.COC(=O)[C@H]1NCCCO1.Cc1ccc(-n2nccn2)c(C(=O)Cl)c1.Cc1ccc(-n2nccn2)c(C(=O)O)c1.Cl.N[C@@H](CO)c1ccccc1.O=C(O)[C@@H]1OCCCN1C(=O)OCc1ccccc1.O=C(O)[C@@H]1OCCCN1C(=O)OCc1ccccc1.O=S(Cl)Cl. The minimum Gasteiger partial charge on any atom is -0.478 e. The Balaban J connectivity index is 0.000000425. The Morgan fingerprint density at radius 1 is 0.432 bits per heavy atom. The van der Waals surface area contributed by atoms with Crippen LogP contribution in [0.2, 0.25) is 0 Å². The van der Waals surface area contributed by atoms with Crippen LogP contribution in [0.4, 0.5) is 14.4 Å². The van der Waals surface area contributed by atoms with Gasteiger partial charge in [-0.05, 0) is 136 Å². The van der Waals surface area contributed by atoms with E-state index in [1.807, 2.05) is 160 Å². The van der Waals surface area contributed by atoms with Crippen LogP contribution >= 0.6 is 45.4 Å². The second-order valence-corrected chi connectivity index (χ2v) is 33.0. The predicted octanol–water partition coefficient (Wildman–Crippen LogP) is 11.9. The first-order chi connectivity index (χ1) is 69.0. The van der Waals surface area contributed by atoms with Gasteiger partial charge >= 0.3 is 54.1 Å². The summed E-state index contributed by atoms with van der Waals surface area (Å²) in [5.74, 6) is -5.20. The lowest BCUT2D eigenvalue weighted by Gasteiger charge is -2.33. The highest BCUT2D eigenvalue weighted by Gasteiger charge is 2.39. The van der Waals surface area contributed by atoms with E-state index in [9.17, 15) is 52.7 Å². The maximum absolute atomic E-state index is 13.1. The van der Waals surface area contributed by atoms with Crippen molar-refractivity contribution >= 4 is 120 Å². The highest BCUT2D eigenvalue weighted by atomic mass is 36.0. The van der Waals surface area contributed by atoms with E-state index in [4.69, 9.17) is 94.4 Å². The van der Waals surface area contributed by atoms with Crippen LogP contribution in [0.1, 0.15) is 136 Å². The Kier molecular flexibility index (Phi) is 61.8. The quantitative estimate of drug-likeness (QED) is 0.0225. The molecule has 6 atom stereocenters. The summed E-state index contributed by atoms with van der Waals surface area (Å²) in [7, 11) is 12.2. The molecule has 16 rings (SSSR count). The maximum Gasteiger partial charge on any atom is 0.412 e. The molecule has 10 aromatic rings. The van der Waals surface area contributed by atoms with Gasteiger partial charge in [0.25, 0.3) is 11.1 Å². The number of nitrogens with zero attached hydrogens (tertiary/aromatic N) is 13. The molecular weight excluding hydrogens is 2010 g/mol. The van der Waals surface area contributed by atoms with Crippen molar-refractivity contribution in [3.8, 4) is 17.1 Å². The summed E-state index contributed by atoms with van der Waals surface area (Å²) in [5.41, 5.74) is 14.5. The smallest absolute Gasteiger partial charge is 0.412 e. The molecule has 146 heavy (non-hydrogen) atoms. The van der Waals surface area contributed by atoms with E-state index in [2.05, 4.69) is 66.7 Å². The number of hydrogen-bond acceptors (Lipinski definition) is 34. The van der Waals surface area contributed by atoms with Crippen molar-refractivity contribution in [3.63, 3.8) is 0 Å². The molecule has 49 heteroatoms. The van der Waals surface area contributed by atoms with Crippen LogP contribution in [0, 0.1) is 20.8 Å². The first kappa shape index (κ1) is 127. The number of benzene rings is 7. The van der Waals surface area contributed by atoms with Crippen molar-refractivity contribution in [3.05, 3.63) is 269 Å². The number of carboxylic acid groups (broad SMARTS) is 3. The van der Waals surface area contributed by atoms with E-state index in [1.54, 1.807) is 48.8 Å². The fraction of sp³-hybridized carbons (Fsp3) is 0.392. The minimum atomic E-state index is -1.67. The first-order valence-corrected chi connectivity index (χ1v) is 47.4. The molecule has 0 aliphatic carbocycles. The summed E-state index contributed by atoms with van der Waals surface area (Å²) in [6, 6.07) is 52.9. The number of aliphatic hydroxyl groups is 2. The minimum absolute atomic E-state index is 0. The Morgan fingerprint density at radius 3 is 1.05 bits per heavy atom. The van der Waals surface area contributed by atoms with Crippen molar-refractivity contribution in [1.29, 1.82) is 0 Å². The van der Waals surface area contributed by atoms with Gasteiger partial charge in [0.05, 0.1) is 132 Å². The molecule has 9 heterocycles. The standard InChI is InChI=1S/C16H18N4O4.C14H17NO5.2C13H15NO5.C10H8ClN3O.C10H9N3O2.C8H11NO.C6H11NO3.C4H8O.CH4O.2CH4.Cl2OS.ClH/c1-11-4-5-13(20-17-6-7-18-20)12(10-11)14(21)19-8-3-9-24-15(19)16(22)23-2;1-18-13(16)12-15(8-5-9-19-12)14(17)20-10-11-6-3-2-4-7-11;2*15-12(16)11-14(7-4-8-18-11)13(17)19-9-10-5-2-1-3-6-10;1-7-2-3-9(8(6-7)10(11)15)14-12-4-5-13-14;1-7-2-3-9(8(6-7)10(14)15)13-11-4-5-12-13;9-8(6-10)7-4-2-1-3-5-7;1-9-6(8)5-7-3-2-4-10-5;1-2-4-5-3-1;1-2;;;1-4(2)3;/h4-7,10,15H,3,8-9H2,1-2H3;2-4,6-7,12H,5,8-10H2,1H3;2*1-3,5-6,11H,4,7-9H2,(H,15,16);2-6H,1H3;2-6H,1H3,(H,14,15);1-5,8,10H,6,9H2;5,7H,2-4H2,1H3;1-4H2;2H,1H3;2*1H4;;1H/t15-;12-;2*11-;;;8-;5-;;;;;;/m0000..00....../s1. The topological polar surface area (TPSA) is 560 Å². The zero-order valence-electron chi connectivity index (χ0n) is 79.8. The second kappa shape index (κ2) is 71.2. The summed E-state index contributed by atoms with van der Waals surface area (Å²) < 4.78 is 69.1. The summed E-state index contributed by atoms with van der Waals surface area (Å²) >= 11 is 5.49. The molecule has 796 valence electrons. The van der Waals surface area contributed by atoms with E-state index >= 15 is 0 Å². The zero-order valence-corrected chi connectivity index (χ0v) is 83.7. The number of nitrogens with one attached hydrogen (secondary N) is 1. The highest BCUT2D eigenvalue weighted by Crippen LogP contribution is 2.25. The van der Waals surface area contributed by atoms with Crippen LogP contribution in [0.3, 0.4) is 0 Å². The summed E-state index contributed by atoms with van der Waals surface area (Å²) in [4.78, 5) is 136. The van der Waals surface area contributed by atoms with Crippen molar-refractivity contribution < 1.29 is 139 Å².